The Labute approximate surface area is 222 Å². The zero-order valence-corrected chi connectivity index (χ0v) is 22.8. The molecule has 1 aliphatic heterocycles. The molecular weight excluding hydrogens is 502 g/mol. The summed E-state index contributed by atoms with van der Waals surface area (Å²) < 4.78 is 34.4. The zero-order chi connectivity index (χ0) is 28.1. The van der Waals surface area contributed by atoms with E-state index in [1.807, 2.05) is 0 Å². The molecule has 5 atom stereocenters. The van der Waals surface area contributed by atoms with Crippen LogP contribution >= 0.6 is 0 Å². The molecule has 214 valence electrons. The Morgan fingerprint density at radius 2 is 1.45 bits per heavy atom. The van der Waals surface area contributed by atoms with Crippen molar-refractivity contribution in [2.24, 2.45) is 0 Å². The van der Waals surface area contributed by atoms with Crippen LogP contribution in [0.3, 0.4) is 0 Å². The molecule has 13 heteroatoms. The lowest BCUT2D eigenvalue weighted by Gasteiger charge is -2.44. The first-order valence-electron chi connectivity index (χ1n) is 12.9. The van der Waals surface area contributed by atoms with Gasteiger partial charge in [-0.25, -0.2) is 4.68 Å². The molecule has 2 heterocycles. The summed E-state index contributed by atoms with van der Waals surface area (Å²) >= 11 is 0. The number of nitrogens with zero attached hydrogens (tertiary/aromatic N) is 3. The van der Waals surface area contributed by atoms with Crippen molar-refractivity contribution >= 4 is 23.9 Å². The SMILES string of the molecule is CCCCCCCCOCc1cn([C@H]2O[C@H](COC(C)=O)[C@@H](OC(C)=O)[C@H](OC(C)=O)[C@@H]2OC(C)=O)nn1. The molecule has 0 aliphatic carbocycles. The number of carbonyl (C=O) groups excluding carboxylic acids is 4. The summed E-state index contributed by atoms with van der Waals surface area (Å²) in [5.41, 5.74) is 0.504. The van der Waals surface area contributed by atoms with Crippen LogP contribution < -0.4 is 0 Å². The molecule has 1 saturated heterocycles. The largest absolute Gasteiger partial charge is 0.463 e. The molecule has 1 aromatic heterocycles. The van der Waals surface area contributed by atoms with Crippen molar-refractivity contribution in [3.8, 4) is 0 Å². The van der Waals surface area contributed by atoms with Crippen LogP contribution in [0.1, 0.15) is 85.1 Å². The van der Waals surface area contributed by atoms with E-state index in [-0.39, 0.29) is 13.2 Å². The molecule has 38 heavy (non-hydrogen) atoms. The highest BCUT2D eigenvalue weighted by molar-refractivity contribution is 5.68. The van der Waals surface area contributed by atoms with Crippen molar-refractivity contribution in [2.45, 2.75) is 110 Å². The summed E-state index contributed by atoms with van der Waals surface area (Å²) in [5, 5.41) is 8.19. The minimum atomic E-state index is -1.28. The lowest BCUT2D eigenvalue weighted by molar-refractivity contribution is -0.270. The molecule has 1 fully saturated rings. The first-order valence-corrected chi connectivity index (χ1v) is 12.9. The van der Waals surface area contributed by atoms with Gasteiger partial charge in [-0.3, -0.25) is 19.2 Å². The molecule has 2 rings (SSSR count). The van der Waals surface area contributed by atoms with Crippen LogP contribution in [0.5, 0.6) is 0 Å². The van der Waals surface area contributed by atoms with Crippen molar-refractivity contribution in [3.05, 3.63) is 11.9 Å². The Morgan fingerprint density at radius 3 is 2.08 bits per heavy atom. The maximum Gasteiger partial charge on any atom is 0.303 e. The lowest BCUT2D eigenvalue weighted by Crippen LogP contribution is -2.60. The van der Waals surface area contributed by atoms with Crippen LogP contribution in [0.4, 0.5) is 0 Å². The summed E-state index contributed by atoms with van der Waals surface area (Å²) in [5.74, 6) is -2.69. The molecule has 13 nitrogen and oxygen atoms in total. The summed E-state index contributed by atoms with van der Waals surface area (Å²) in [7, 11) is 0. The van der Waals surface area contributed by atoms with Crippen molar-refractivity contribution in [2.75, 3.05) is 13.2 Å². The zero-order valence-electron chi connectivity index (χ0n) is 22.8. The van der Waals surface area contributed by atoms with E-state index < -0.39 is 54.5 Å². The van der Waals surface area contributed by atoms with Gasteiger partial charge in [0.05, 0.1) is 12.8 Å². The molecule has 0 radical (unpaired) electrons. The highest BCUT2D eigenvalue weighted by Crippen LogP contribution is 2.34. The average molecular weight is 542 g/mol. The minimum Gasteiger partial charge on any atom is -0.463 e. The Kier molecular flexibility index (Phi) is 13.1. The van der Waals surface area contributed by atoms with E-state index in [0.29, 0.717) is 12.3 Å². The maximum absolute atomic E-state index is 12.0. The summed E-state index contributed by atoms with van der Waals surface area (Å²) in [6.45, 7) is 7.36. The highest BCUT2D eigenvalue weighted by atomic mass is 16.7. The standard InChI is InChI=1S/C25H39N3O10/c1-6-7-8-9-10-11-12-33-14-20-13-28(27-26-20)25-24(37-19(5)32)23(36-18(4)31)22(35-17(3)30)21(38-25)15-34-16(2)29/h13,21-25H,6-12,14-15H2,1-5H3/t21-,22-,23+,24+,25+/m1/s1. The highest BCUT2D eigenvalue weighted by Gasteiger charge is 2.53. The smallest absolute Gasteiger partial charge is 0.303 e. The topological polar surface area (TPSA) is 154 Å². The molecule has 1 aliphatic rings. The molecule has 0 saturated carbocycles. The lowest BCUT2D eigenvalue weighted by atomic mass is 9.97. The van der Waals surface area contributed by atoms with Gasteiger partial charge in [0.25, 0.3) is 0 Å². The fraction of sp³-hybridized carbons (Fsp3) is 0.760. The summed E-state index contributed by atoms with van der Waals surface area (Å²) in [4.78, 5) is 47.3. The Morgan fingerprint density at radius 1 is 0.842 bits per heavy atom. The van der Waals surface area contributed by atoms with E-state index in [1.165, 1.54) is 44.2 Å². The summed E-state index contributed by atoms with van der Waals surface area (Å²) in [6.07, 6.45) is 2.45. The monoisotopic (exact) mass is 541 g/mol. The van der Waals surface area contributed by atoms with Crippen molar-refractivity contribution in [3.63, 3.8) is 0 Å². The number of rotatable bonds is 15. The third kappa shape index (κ3) is 10.4. The quantitative estimate of drug-likeness (QED) is 0.182. The number of unbranched alkanes of at least 4 members (excludes halogenated alkanes) is 5. The number of ether oxygens (including phenoxy) is 6. The van der Waals surface area contributed by atoms with Crippen molar-refractivity contribution < 1.29 is 47.6 Å². The predicted octanol–water partition coefficient (Wildman–Crippen LogP) is 2.41. The average Bonchev–Trinajstić information content (AvgIpc) is 3.30. The van der Waals surface area contributed by atoms with Gasteiger partial charge in [0, 0.05) is 34.3 Å². The molecular formula is C25H39N3O10. The maximum atomic E-state index is 12.0. The van der Waals surface area contributed by atoms with E-state index in [4.69, 9.17) is 28.4 Å². The fourth-order valence-corrected chi connectivity index (χ4v) is 4.08. The van der Waals surface area contributed by atoms with E-state index in [0.717, 1.165) is 26.7 Å². The van der Waals surface area contributed by atoms with E-state index in [2.05, 4.69) is 17.2 Å². The van der Waals surface area contributed by atoms with Crippen molar-refractivity contribution in [1.29, 1.82) is 0 Å². The van der Waals surface area contributed by atoms with Gasteiger partial charge in [-0.15, -0.1) is 5.10 Å². The molecule has 0 bridgehead atoms. The van der Waals surface area contributed by atoms with Gasteiger partial charge in [0.15, 0.2) is 24.5 Å². The summed E-state index contributed by atoms with van der Waals surface area (Å²) in [6, 6.07) is 0. The molecule has 0 aromatic carbocycles. The number of esters is 4. The molecule has 0 N–H and O–H groups in total. The van der Waals surface area contributed by atoms with Crippen LogP contribution in [0.15, 0.2) is 6.20 Å². The first-order chi connectivity index (χ1) is 18.1. The Bertz CT molecular complexity index is 921. The van der Waals surface area contributed by atoms with Crippen LogP contribution in [0.2, 0.25) is 0 Å². The third-order valence-corrected chi connectivity index (χ3v) is 5.68. The minimum absolute atomic E-state index is 0.209. The van der Waals surface area contributed by atoms with Gasteiger partial charge in [0.2, 0.25) is 0 Å². The number of hydrogen-bond acceptors (Lipinski definition) is 12. The van der Waals surface area contributed by atoms with Crippen LogP contribution in [0, 0.1) is 0 Å². The fourth-order valence-electron chi connectivity index (χ4n) is 4.08. The van der Waals surface area contributed by atoms with E-state index >= 15 is 0 Å². The van der Waals surface area contributed by atoms with Gasteiger partial charge in [-0.05, 0) is 6.42 Å². The second kappa shape index (κ2) is 16.0. The molecule has 0 spiro atoms. The van der Waals surface area contributed by atoms with Crippen molar-refractivity contribution in [1.82, 2.24) is 15.0 Å². The number of carbonyl (C=O) groups is 4. The van der Waals surface area contributed by atoms with Gasteiger partial charge in [-0.1, -0.05) is 44.2 Å². The second-order valence-corrected chi connectivity index (χ2v) is 9.10. The molecule has 0 amide bonds. The van der Waals surface area contributed by atoms with Crippen LogP contribution in [-0.2, 0) is 54.2 Å². The number of aromatic nitrogens is 3. The van der Waals surface area contributed by atoms with Gasteiger partial charge in [0.1, 0.15) is 18.4 Å². The normalized spacial score (nSPS) is 22.9. The molecule has 1 aromatic rings. The van der Waals surface area contributed by atoms with Crippen LogP contribution in [-0.4, -0.2) is 76.5 Å². The number of hydrogen-bond donors (Lipinski definition) is 0. The molecule has 0 unspecified atom stereocenters. The van der Waals surface area contributed by atoms with E-state index in [1.54, 1.807) is 6.20 Å². The van der Waals surface area contributed by atoms with Gasteiger partial charge in [-0.2, -0.15) is 0 Å². The van der Waals surface area contributed by atoms with Gasteiger partial charge < -0.3 is 28.4 Å². The predicted molar refractivity (Wildman–Crippen MR) is 130 cm³/mol. The first kappa shape index (κ1) is 31.2. The van der Waals surface area contributed by atoms with Crippen LogP contribution in [0.25, 0.3) is 0 Å². The van der Waals surface area contributed by atoms with E-state index in [9.17, 15) is 19.2 Å². The second-order valence-electron chi connectivity index (χ2n) is 9.10. The Hall–Kier alpha value is -3.06. The third-order valence-electron chi connectivity index (χ3n) is 5.68. The van der Waals surface area contributed by atoms with Gasteiger partial charge >= 0.3 is 23.9 Å². The Balaban J connectivity index is 2.21.